The number of carbonyl (C=O) groups excluding carboxylic acids is 1. The molecule has 2 aromatic rings. The first-order chi connectivity index (χ1) is 8.15. The molecule has 0 fully saturated rings. The van der Waals surface area contributed by atoms with Gasteiger partial charge < -0.3 is 9.73 Å². The smallest absolute Gasteiger partial charge is 0.249 e. The fourth-order valence-corrected chi connectivity index (χ4v) is 1.44. The second-order valence-electron chi connectivity index (χ2n) is 3.63. The van der Waals surface area contributed by atoms with Gasteiger partial charge in [-0.2, -0.15) is 5.10 Å². The Labute approximate surface area is 98.7 Å². The number of anilines is 1. The lowest BCUT2D eigenvalue weighted by molar-refractivity contribution is -0.111. The molecule has 0 radical (unpaired) electrons. The fraction of sp³-hybridized carbons (Fsp3) is 0.167. The van der Waals surface area contributed by atoms with E-state index >= 15 is 0 Å². The highest BCUT2D eigenvalue weighted by molar-refractivity contribution is 6.01. The van der Waals surface area contributed by atoms with Crippen LogP contribution >= 0.6 is 0 Å². The molecular formula is C12H13N3O2. The first kappa shape index (κ1) is 11.2. The first-order valence-corrected chi connectivity index (χ1v) is 5.18. The highest BCUT2D eigenvalue weighted by atomic mass is 16.3. The van der Waals surface area contributed by atoms with E-state index in [1.54, 1.807) is 42.3 Å². The van der Waals surface area contributed by atoms with Crippen LogP contribution in [0.4, 0.5) is 5.82 Å². The average Bonchev–Trinajstić information content (AvgIpc) is 2.87. The van der Waals surface area contributed by atoms with Crippen LogP contribution in [0.3, 0.4) is 0 Å². The zero-order chi connectivity index (χ0) is 12.3. The summed E-state index contributed by atoms with van der Waals surface area (Å²) in [6, 6.07) is 5.35. The van der Waals surface area contributed by atoms with Crippen LogP contribution in [0.2, 0.25) is 0 Å². The predicted molar refractivity (Wildman–Crippen MR) is 64.3 cm³/mol. The van der Waals surface area contributed by atoms with E-state index in [1.807, 2.05) is 6.92 Å². The number of hydrogen-bond acceptors (Lipinski definition) is 3. The number of carbonyl (C=O) groups is 1. The number of aromatic nitrogens is 2. The Hall–Kier alpha value is -2.30. The topological polar surface area (TPSA) is 60.1 Å². The van der Waals surface area contributed by atoms with Gasteiger partial charge in [0.25, 0.3) is 0 Å². The molecule has 0 bridgehead atoms. The summed E-state index contributed by atoms with van der Waals surface area (Å²) in [6.45, 7) is 1.87. The number of nitrogens with zero attached hydrogens (tertiary/aromatic N) is 2. The van der Waals surface area contributed by atoms with Gasteiger partial charge in [-0.15, -0.1) is 0 Å². The second kappa shape index (κ2) is 4.69. The van der Waals surface area contributed by atoms with E-state index in [4.69, 9.17) is 4.42 Å². The van der Waals surface area contributed by atoms with Crippen molar-refractivity contribution in [2.24, 2.45) is 7.05 Å². The third-order valence-corrected chi connectivity index (χ3v) is 2.20. The summed E-state index contributed by atoms with van der Waals surface area (Å²) in [5.74, 6) is 1.09. The third-order valence-electron chi connectivity index (χ3n) is 2.20. The Kier molecular flexibility index (Phi) is 3.09. The number of rotatable bonds is 3. The standard InChI is InChI=1S/C12H13N3O2/c1-9-8-11(15(2)14-9)13-12(16)6-5-10-4-3-7-17-10/h3-8H,1-2H3,(H,13,16)/b6-5+. The zero-order valence-corrected chi connectivity index (χ0v) is 9.68. The molecule has 0 aliphatic carbocycles. The normalized spacial score (nSPS) is 10.9. The Morgan fingerprint density at radius 1 is 1.59 bits per heavy atom. The summed E-state index contributed by atoms with van der Waals surface area (Å²) in [5, 5.41) is 6.86. The van der Waals surface area contributed by atoms with Crippen LogP contribution in [0.1, 0.15) is 11.5 Å². The summed E-state index contributed by atoms with van der Waals surface area (Å²) < 4.78 is 6.70. The van der Waals surface area contributed by atoms with Gasteiger partial charge in [0.2, 0.25) is 5.91 Å². The Bertz CT molecular complexity index is 538. The summed E-state index contributed by atoms with van der Waals surface area (Å²) in [5.41, 5.74) is 0.859. The molecule has 88 valence electrons. The van der Waals surface area contributed by atoms with Crippen molar-refractivity contribution in [3.05, 3.63) is 42.0 Å². The van der Waals surface area contributed by atoms with Gasteiger partial charge in [0.1, 0.15) is 11.6 Å². The summed E-state index contributed by atoms with van der Waals surface area (Å²) >= 11 is 0. The minimum atomic E-state index is -0.218. The van der Waals surface area contributed by atoms with E-state index in [1.165, 1.54) is 6.08 Å². The molecule has 0 aliphatic heterocycles. The van der Waals surface area contributed by atoms with Crippen molar-refractivity contribution in [3.63, 3.8) is 0 Å². The third kappa shape index (κ3) is 2.84. The lowest BCUT2D eigenvalue weighted by atomic mass is 10.4. The van der Waals surface area contributed by atoms with E-state index in [0.29, 0.717) is 11.6 Å². The lowest BCUT2D eigenvalue weighted by Gasteiger charge is -2.00. The van der Waals surface area contributed by atoms with Gasteiger partial charge in [-0.3, -0.25) is 9.48 Å². The molecule has 2 aromatic heterocycles. The summed E-state index contributed by atoms with van der Waals surface area (Å²) in [6.07, 6.45) is 4.59. The van der Waals surface area contributed by atoms with Crippen molar-refractivity contribution in [2.75, 3.05) is 5.32 Å². The Morgan fingerprint density at radius 3 is 3.00 bits per heavy atom. The molecular weight excluding hydrogens is 218 g/mol. The van der Waals surface area contributed by atoms with Gasteiger partial charge in [-0.1, -0.05) is 0 Å². The number of nitrogens with one attached hydrogen (secondary N) is 1. The highest BCUT2D eigenvalue weighted by Crippen LogP contribution is 2.08. The largest absolute Gasteiger partial charge is 0.465 e. The molecule has 1 amide bonds. The number of aryl methyl sites for hydroxylation is 2. The molecule has 5 nitrogen and oxygen atoms in total. The molecule has 2 rings (SSSR count). The van der Waals surface area contributed by atoms with E-state index in [0.717, 1.165) is 5.69 Å². The minimum absolute atomic E-state index is 0.218. The maximum atomic E-state index is 11.6. The van der Waals surface area contributed by atoms with Crippen LogP contribution in [0.25, 0.3) is 6.08 Å². The van der Waals surface area contributed by atoms with E-state index in [9.17, 15) is 4.79 Å². The highest BCUT2D eigenvalue weighted by Gasteiger charge is 2.04. The molecule has 0 aromatic carbocycles. The van der Waals surface area contributed by atoms with Gasteiger partial charge in [0.05, 0.1) is 12.0 Å². The van der Waals surface area contributed by atoms with Crippen LogP contribution in [0.5, 0.6) is 0 Å². The summed E-state index contributed by atoms with van der Waals surface area (Å²) in [7, 11) is 1.78. The van der Waals surface area contributed by atoms with Gasteiger partial charge >= 0.3 is 0 Å². The van der Waals surface area contributed by atoms with Crippen molar-refractivity contribution in [2.45, 2.75) is 6.92 Å². The molecule has 2 heterocycles. The first-order valence-electron chi connectivity index (χ1n) is 5.18. The van der Waals surface area contributed by atoms with Crippen molar-refractivity contribution >= 4 is 17.8 Å². The van der Waals surface area contributed by atoms with Crippen molar-refractivity contribution in [3.8, 4) is 0 Å². The van der Waals surface area contributed by atoms with Crippen LogP contribution in [-0.2, 0) is 11.8 Å². The molecule has 0 saturated carbocycles. The number of amides is 1. The van der Waals surface area contributed by atoms with E-state index < -0.39 is 0 Å². The quantitative estimate of drug-likeness (QED) is 0.821. The molecule has 0 saturated heterocycles. The molecule has 17 heavy (non-hydrogen) atoms. The van der Waals surface area contributed by atoms with Gasteiger partial charge in [-0.25, -0.2) is 0 Å². The maximum Gasteiger partial charge on any atom is 0.249 e. The molecule has 0 unspecified atom stereocenters. The van der Waals surface area contributed by atoms with Crippen molar-refractivity contribution < 1.29 is 9.21 Å². The molecule has 0 aliphatic rings. The Balaban J connectivity index is 2.00. The SMILES string of the molecule is Cc1cc(NC(=O)/C=C/c2ccco2)n(C)n1. The Morgan fingerprint density at radius 2 is 2.41 bits per heavy atom. The van der Waals surface area contributed by atoms with Crippen molar-refractivity contribution in [1.82, 2.24) is 9.78 Å². The fourth-order valence-electron chi connectivity index (χ4n) is 1.44. The minimum Gasteiger partial charge on any atom is -0.465 e. The molecule has 5 heteroatoms. The van der Waals surface area contributed by atoms with Gasteiger partial charge in [-0.05, 0) is 25.1 Å². The lowest BCUT2D eigenvalue weighted by Crippen LogP contribution is -2.11. The van der Waals surface area contributed by atoms with Gasteiger partial charge in [0, 0.05) is 19.2 Å². The van der Waals surface area contributed by atoms with Crippen LogP contribution in [-0.4, -0.2) is 15.7 Å². The van der Waals surface area contributed by atoms with Crippen molar-refractivity contribution in [1.29, 1.82) is 0 Å². The van der Waals surface area contributed by atoms with E-state index in [-0.39, 0.29) is 5.91 Å². The van der Waals surface area contributed by atoms with Crippen LogP contribution in [0, 0.1) is 6.92 Å². The predicted octanol–water partition coefficient (Wildman–Crippen LogP) is 1.97. The van der Waals surface area contributed by atoms with Crippen LogP contribution in [0.15, 0.2) is 35.0 Å². The second-order valence-corrected chi connectivity index (χ2v) is 3.63. The average molecular weight is 231 g/mol. The summed E-state index contributed by atoms with van der Waals surface area (Å²) in [4.78, 5) is 11.6. The molecule has 0 atom stereocenters. The number of hydrogen-bond donors (Lipinski definition) is 1. The van der Waals surface area contributed by atoms with Gasteiger partial charge in [0.15, 0.2) is 0 Å². The zero-order valence-electron chi connectivity index (χ0n) is 9.68. The molecule has 1 N–H and O–H groups in total. The monoisotopic (exact) mass is 231 g/mol. The van der Waals surface area contributed by atoms with E-state index in [2.05, 4.69) is 10.4 Å². The molecule has 0 spiro atoms. The van der Waals surface area contributed by atoms with Crippen LogP contribution < -0.4 is 5.32 Å². The maximum absolute atomic E-state index is 11.6. The number of furan rings is 1.